The highest BCUT2D eigenvalue weighted by Gasteiger charge is 2.33. The van der Waals surface area contributed by atoms with Gasteiger partial charge in [-0.25, -0.2) is 0 Å². The van der Waals surface area contributed by atoms with Gasteiger partial charge in [-0.1, -0.05) is 20.8 Å². The van der Waals surface area contributed by atoms with Gasteiger partial charge in [-0.3, -0.25) is 9.59 Å². The van der Waals surface area contributed by atoms with E-state index in [1.165, 1.54) is 0 Å². The van der Waals surface area contributed by atoms with Gasteiger partial charge >= 0.3 is 0 Å². The van der Waals surface area contributed by atoms with E-state index in [0.29, 0.717) is 5.78 Å². The molecule has 0 aliphatic heterocycles. The van der Waals surface area contributed by atoms with E-state index in [1.54, 1.807) is 6.92 Å². The summed E-state index contributed by atoms with van der Waals surface area (Å²) in [6, 6.07) is 0. The lowest BCUT2D eigenvalue weighted by atomic mass is 9.73. The quantitative estimate of drug-likeness (QED) is 0.702. The summed E-state index contributed by atoms with van der Waals surface area (Å²) >= 11 is 0. The second-order valence-electron chi connectivity index (χ2n) is 5.77. The zero-order valence-corrected chi connectivity index (χ0v) is 10.3. The molecule has 2 heteroatoms. The second kappa shape index (κ2) is 4.46. The number of ketones is 2. The van der Waals surface area contributed by atoms with Crippen molar-refractivity contribution in [3.63, 3.8) is 0 Å². The van der Waals surface area contributed by atoms with Gasteiger partial charge in [0.2, 0.25) is 0 Å². The van der Waals surface area contributed by atoms with Crippen molar-refractivity contribution in [1.82, 2.24) is 0 Å². The molecular weight excluding hydrogens is 188 g/mol. The molecule has 0 unspecified atom stereocenters. The first kappa shape index (κ1) is 12.4. The maximum Gasteiger partial charge on any atom is 0.141 e. The predicted molar refractivity (Wildman–Crippen MR) is 60.6 cm³/mol. The van der Waals surface area contributed by atoms with Crippen LogP contribution in [0, 0.1) is 17.3 Å². The van der Waals surface area contributed by atoms with Crippen molar-refractivity contribution < 1.29 is 9.59 Å². The third-order valence-electron chi connectivity index (χ3n) is 3.41. The van der Waals surface area contributed by atoms with Crippen LogP contribution in [0.2, 0.25) is 0 Å². The van der Waals surface area contributed by atoms with Gasteiger partial charge in [-0.05, 0) is 32.6 Å². The summed E-state index contributed by atoms with van der Waals surface area (Å²) in [6.07, 6.45) is 3.62. The van der Waals surface area contributed by atoms with E-state index in [9.17, 15) is 9.59 Å². The minimum Gasteiger partial charge on any atom is -0.300 e. The van der Waals surface area contributed by atoms with Crippen LogP contribution in [0.4, 0.5) is 0 Å². The van der Waals surface area contributed by atoms with E-state index in [2.05, 4.69) is 0 Å². The third-order valence-corrected chi connectivity index (χ3v) is 3.41. The Bertz CT molecular complexity index is 252. The first-order valence-corrected chi connectivity index (χ1v) is 5.87. The number of hydrogen-bond donors (Lipinski definition) is 0. The van der Waals surface area contributed by atoms with Crippen LogP contribution in [-0.2, 0) is 9.59 Å². The monoisotopic (exact) mass is 210 g/mol. The number of carbonyl (C=O) groups excluding carboxylic acids is 2. The molecule has 1 rings (SSSR count). The van der Waals surface area contributed by atoms with E-state index >= 15 is 0 Å². The van der Waals surface area contributed by atoms with Crippen LogP contribution in [0.1, 0.15) is 53.4 Å². The van der Waals surface area contributed by atoms with Crippen molar-refractivity contribution in [1.29, 1.82) is 0 Å². The minimum absolute atomic E-state index is 0.195. The van der Waals surface area contributed by atoms with Crippen LogP contribution < -0.4 is 0 Å². The van der Waals surface area contributed by atoms with Crippen LogP contribution in [0.5, 0.6) is 0 Å². The Morgan fingerprint density at radius 1 is 0.933 bits per heavy atom. The van der Waals surface area contributed by atoms with Crippen molar-refractivity contribution in [3.8, 4) is 0 Å². The van der Waals surface area contributed by atoms with Gasteiger partial charge in [0.15, 0.2) is 0 Å². The highest BCUT2D eigenvalue weighted by Crippen LogP contribution is 2.34. The largest absolute Gasteiger partial charge is 0.300 e. The van der Waals surface area contributed by atoms with Gasteiger partial charge in [-0.15, -0.1) is 0 Å². The van der Waals surface area contributed by atoms with Crippen molar-refractivity contribution in [3.05, 3.63) is 0 Å². The summed E-state index contributed by atoms with van der Waals surface area (Å²) < 4.78 is 0. The Balaban J connectivity index is 2.51. The molecule has 0 radical (unpaired) electrons. The molecule has 2 nitrogen and oxygen atoms in total. The Kier molecular flexibility index (Phi) is 3.69. The summed E-state index contributed by atoms with van der Waals surface area (Å²) in [6.45, 7) is 7.60. The van der Waals surface area contributed by atoms with Gasteiger partial charge < -0.3 is 0 Å². The number of rotatable bonds is 2. The maximum atomic E-state index is 12.0. The third kappa shape index (κ3) is 3.15. The Hall–Kier alpha value is -0.660. The smallest absolute Gasteiger partial charge is 0.141 e. The molecule has 0 bridgehead atoms. The van der Waals surface area contributed by atoms with Crippen LogP contribution >= 0.6 is 0 Å². The Morgan fingerprint density at radius 2 is 1.33 bits per heavy atom. The molecule has 0 N–H and O–H groups in total. The first-order chi connectivity index (χ1) is 6.82. The fourth-order valence-corrected chi connectivity index (χ4v) is 2.37. The van der Waals surface area contributed by atoms with Crippen LogP contribution in [-0.4, -0.2) is 11.6 Å². The lowest BCUT2D eigenvalue weighted by Gasteiger charge is -2.30. The van der Waals surface area contributed by atoms with E-state index in [1.807, 2.05) is 20.8 Å². The first-order valence-electron chi connectivity index (χ1n) is 5.87. The molecular formula is C13H22O2. The summed E-state index contributed by atoms with van der Waals surface area (Å²) in [4.78, 5) is 23.2. The summed E-state index contributed by atoms with van der Waals surface area (Å²) in [5.74, 6) is 1.07. The minimum atomic E-state index is -0.228. The number of Topliss-reactive ketones (excluding diaryl/α,β-unsaturated/α-hetero) is 2. The fraction of sp³-hybridized carbons (Fsp3) is 0.846. The molecule has 0 heterocycles. The molecule has 0 atom stereocenters. The molecule has 0 saturated heterocycles. The van der Waals surface area contributed by atoms with Crippen LogP contribution in [0.3, 0.4) is 0 Å². The predicted octanol–water partition coefficient (Wildman–Crippen LogP) is 3.00. The zero-order chi connectivity index (χ0) is 11.6. The molecule has 86 valence electrons. The van der Waals surface area contributed by atoms with Crippen molar-refractivity contribution in [2.75, 3.05) is 0 Å². The van der Waals surface area contributed by atoms with E-state index < -0.39 is 0 Å². The van der Waals surface area contributed by atoms with Gasteiger partial charge in [0.05, 0.1) is 0 Å². The highest BCUT2D eigenvalue weighted by molar-refractivity contribution is 5.86. The van der Waals surface area contributed by atoms with E-state index in [0.717, 1.165) is 25.7 Å². The summed E-state index contributed by atoms with van der Waals surface area (Å²) in [7, 11) is 0. The molecule has 1 aliphatic carbocycles. The molecule has 0 aromatic heterocycles. The van der Waals surface area contributed by atoms with Gasteiger partial charge in [0.1, 0.15) is 11.6 Å². The average Bonchev–Trinajstić information content (AvgIpc) is 2.15. The summed E-state index contributed by atoms with van der Waals surface area (Å²) in [5.41, 5.74) is -0.228. The second-order valence-corrected chi connectivity index (χ2v) is 5.77. The SMILES string of the molecule is CC(=O)C1CCC(C(=O)C(C)(C)C)CC1. The van der Waals surface area contributed by atoms with Gasteiger partial charge in [0.25, 0.3) is 0 Å². The fourth-order valence-electron chi connectivity index (χ4n) is 2.37. The molecule has 1 saturated carbocycles. The van der Waals surface area contributed by atoms with Gasteiger partial charge in [0, 0.05) is 17.3 Å². The standard InChI is InChI=1S/C13H22O2/c1-9(14)10-5-7-11(8-6-10)12(15)13(2,3)4/h10-11H,5-8H2,1-4H3. The maximum absolute atomic E-state index is 12.0. The molecule has 15 heavy (non-hydrogen) atoms. The lowest BCUT2D eigenvalue weighted by molar-refractivity contribution is -0.133. The average molecular weight is 210 g/mol. The highest BCUT2D eigenvalue weighted by atomic mass is 16.1. The molecule has 1 fully saturated rings. The van der Waals surface area contributed by atoms with Gasteiger partial charge in [-0.2, -0.15) is 0 Å². The molecule has 1 aliphatic rings. The summed E-state index contributed by atoms with van der Waals surface area (Å²) in [5, 5.41) is 0. The van der Waals surface area contributed by atoms with Crippen molar-refractivity contribution in [2.45, 2.75) is 53.4 Å². The molecule has 0 aromatic carbocycles. The normalized spacial score (nSPS) is 27.5. The van der Waals surface area contributed by atoms with E-state index in [-0.39, 0.29) is 23.0 Å². The number of hydrogen-bond acceptors (Lipinski definition) is 2. The number of carbonyl (C=O) groups is 2. The Labute approximate surface area is 92.4 Å². The van der Waals surface area contributed by atoms with Crippen LogP contribution in [0.15, 0.2) is 0 Å². The topological polar surface area (TPSA) is 34.1 Å². The lowest BCUT2D eigenvalue weighted by Crippen LogP contribution is -2.32. The van der Waals surface area contributed by atoms with Crippen molar-refractivity contribution >= 4 is 11.6 Å². The zero-order valence-electron chi connectivity index (χ0n) is 10.3. The van der Waals surface area contributed by atoms with E-state index in [4.69, 9.17) is 0 Å². The Morgan fingerprint density at radius 3 is 1.67 bits per heavy atom. The van der Waals surface area contributed by atoms with Crippen molar-refractivity contribution in [2.24, 2.45) is 17.3 Å². The molecule has 0 aromatic rings. The molecule has 0 amide bonds. The van der Waals surface area contributed by atoms with Crippen LogP contribution in [0.25, 0.3) is 0 Å². The molecule has 0 spiro atoms.